The Morgan fingerprint density at radius 2 is 1.71 bits per heavy atom. The molecule has 0 saturated heterocycles. The molecule has 0 saturated carbocycles. The Kier molecular flexibility index (Phi) is 3.01. The third-order valence-corrected chi connectivity index (χ3v) is 4.44. The van der Waals surface area contributed by atoms with E-state index in [0.717, 1.165) is 27.5 Å². The standard InChI is InChI=1S/C17H13N3S/c1-2-6-12(7-3-1)10-16-19-20-17(21-16)14-11-18-15-9-5-4-8-13(14)15/h1-9,11,18H,10H2. The lowest BCUT2D eigenvalue weighted by Crippen LogP contribution is -1.85. The van der Waals surface area contributed by atoms with Crippen LogP contribution in [0.1, 0.15) is 10.6 Å². The van der Waals surface area contributed by atoms with Crippen LogP contribution in [0.4, 0.5) is 0 Å². The lowest BCUT2D eigenvalue weighted by Gasteiger charge is -1.95. The molecule has 2 aromatic carbocycles. The quantitative estimate of drug-likeness (QED) is 0.612. The zero-order valence-corrected chi connectivity index (χ0v) is 12.1. The van der Waals surface area contributed by atoms with Gasteiger partial charge in [0, 0.05) is 29.1 Å². The third kappa shape index (κ3) is 2.34. The molecule has 1 N–H and O–H groups in total. The van der Waals surface area contributed by atoms with Gasteiger partial charge >= 0.3 is 0 Å². The fraction of sp³-hybridized carbons (Fsp3) is 0.0588. The van der Waals surface area contributed by atoms with E-state index in [9.17, 15) is 0 Å². The number of hydrogen-bond donors (Lipinski definition) is 1. The summed E-state index contributed by atoms with van der Waals surface area (Å²) in [5, 5.41) is 11.9. The first-order valence-electron chi connectivity index (χ1n) is 6.83. The Hall–Kier alpha value is -2.46. The normalized spacial score (nSPS) is 11.0. The van der Waals surface area contributed by atoms with Crippen molar-refractivity contribution in [1.82, 2.24) is 15.2 Å². The monoisotopic (exact) mass is 291 g/mol. The van der Waals surface area contributed by atoms with Gasteiger partial charge in [-0.25, -0.2) is 0 Å². The Labute approximate surface area is 126 Å². The second kappa shape index (κ2) is 5.14. The van der Waals surface area contributed by atoms with Crippen LogP contribution in [-0.2, 0) is 6.42 Å². The number of para-hydroxylation sites is 1. The second-order valence-corrected chi connectivity index (χ2v) is 5.97. The number of nitrogens with one attached hydrogen (secondary N) is 1. The van der Waals surface area contributed by atoms with E-state index >= 15 is 0 Å². The maximum absolute atomic E-state index is 4.35. The van der Waals surface area contributed by atoms with E-state index in [1.807, 2.05) is 24.4 Å². The van der Waals surface area contributed by atoms with Crippen LogP contribution in [-0.4, -0.2) is 15.2 Å². The van der Waals surface area contributed by atoms with E-state index < -0.39 is 0 Å². The van der Waals surface area contributed by atoms with Gasteiger partial charge in [0.25, 0.3) is 0 Å². The van der Waals surface area contributed by atoms with Gasteiger partial charge in [-0.05, 0) is 11.6 Å². The zero-order valence-electron chi connectivity index (χ0n) is 11.3. The van der Waals surface area contributed by atoms with Crippen LogP contribution in [0, 0.1) is 0 Å². The minimum absolute atomic E-state index is 0.834. The van der Waals surface area contributed by atoms with Crippen molar-refractivity contribution in [3.63, 3.8) is 0 Å². The number of fused-ring (bicyclic) bond motifs is 1. The maximum Gasteiger partial charge on any atom is 0.149 e. The lowest BCUT2D eigenvalue weighted by molar-refractivity contribution is 1.01. The molecule has 4 rings (SSSR count). The highest BCUT2D eigenvalue weighted by Gasteiger charge is 2.11. The average Bonchev–Trinajstić information content (AvgIpc) is 3.14. The fourth-order valence-corrected chi connectivity index (χ4v) is 3.36. The molecule has 0 fully saturated rings. The molecule has 0 aliphatic rings. The number of benzene rings is 2. The van der Waals surface area contributed by atoms with Crippen molar-refractivity contribution >= 4 is 22.2 Å². The SMILES string of the molecule is c1ccc(Cc2nnc(-c3c[nH]c4ccccc34)s2)cc1. The van der Waals surface area contributed by atoms with E-state index in [1.54, 1.807) is 11.3 Å². The molecule has 102 valence electrons. The van der Waals surface area contributed by atoms with Crippen molar-refractivity contribution in [2.45, 2.75) is 6.42 Å². The van der Waals surface area contributed by atoms with E-state index in [-0.39, 0.29) is 0 Å². The summed E-state index contributed by atoms with van der Waals surface area (Å²) < 4.78 is 0. The summed E-state index contributed by atoms with van der Waals surface area (Å²) in [6, 6.07) is 18.6. The predicted octanol–water partition coefficient (Wildman–Crippen LogP) is 4.28. The van der Waals surface area contributed by atoms with Gasteiger partial charge in [-0.3, -0.25) is 0 Å². The smallest absolute Gasteiger partial charge is 0.149 e. The Morgan fingerprint density at radius 1 is 0.905 bits per heavy atom. The van der Waals surface area contributed by atoms with Gasteiger partial charge in [-0.1, -0.05) is 59.9 Å². The summed E-state index contributed by atoms with van der Waals surface area (Å²) in [6.07, 6.45) is 2.85. The number of nitrogens with zero attached hydrogens (tertiary/aromatic N) is 2. The van der Waals surface area contributed by atoms with Gasteiger partial charge < -0.3 is 4.98 Å². The number of aromatic nitrogens is 3. The topological polar surface area (TPSA) is 41.6 Å². The maximum atomic E-state index is 4.35. The highest BCUT2D eigenvalue weighted by Crippen LogP contribution is 2.31. The van der Waals surface area contributed by atoms with Crippen molar-refractivity contribution in [2.24, 2.45) is 0 Å². The first kappa shape index (κ1) is 12.3. The van der Waals surface area contributed by atoms with Crippen molar-refractivity contribution in [3.8, 4) is 10.6 Å². The molecule has 21 heavy (non-hydrogen) atoms. The summed E-state index contributed by atoms with van der Waals surface area (Å²) in [5.74, 6) is 0. The molecule has 4 heteroatoms. The van der Waals surface area contributed by atoms with Crippen LogP contribution in [0.3, 0.4) is 0 Å². The van der Waals surface area contributed by atoms with Crippen molar-refractivity contribution in [3.05, 3.63) is 71.4 Å². The average molecular weight is 291 g/mol. The number of hydrogen-bond acceptors (Lipinski definition) is 3. The first-order valence-corrected chi connectivity index (χ1v) is 7.64. The molecule has 3 nitrogen and oxygen atoms in total. The molecular formula is C17H13N3S. The molecule has 0 radical (unpaired) electrons. The fourth-order valence-electron chi connectivity index (χ4n) is 2.45. The van der Waals surface area contributed by atoms with Crippen LogP contribution in [0.2, 0.25) is 0 Å². The summed E-state index contributed by atoms with van der Waals surface area (Å²) in [6.45, 7) is 0. The summed E-state index contributed by atoms with van der Waals surface area (Å²) in [5.41, 5.74) is 3.52. The van der Waals surface area contributed by atoms with E-state index in [0.29, 0.717) is 0 Å². The Balaban J connectivity index is 1.68. The molecule has 0 spiro atoms. The van der Waals surface area contributed by atoms with Crippen LogP contribution in [0.15, 0.2) is 60.8 Å². The van der Waals surface area contributed by atoms with Crippen molar-refractivity contribution in [2.75, 3.05) is 0 Å². The van der Waals surface area contributed by atoms with Crippen LogP contribution < -0.4 is 0 Å². The molecular weight excluding hydrogens is 278 g/mol. The van der Waals surface area contributed by atoms with Crippen LogP contribution >= 0.6 is 11.3 Å². The zero-order chi connectivity index (χ0) is 14.1. The Bertz CT molecular complexity index is 877. The minimum Gasteiger partial charge on any atom is -0.360 e. The summed E-state index contributed by atoms with van der Waals surface area (Å²) in [7, 11) is 0. The van der Waals surface area contributed by atoms with Crippen molar-refractivity contribution < 1.29 is 0 Å². The molecule has 2 heterocycles. The minimum atomic E-state index is 0.834. The second-order valence-electron chi connectivity index (χ2n) is 4.91. The van der Waals surface area contributed by atoms with Gasteiger partial charge in [0.15, 0.2) is 0 Å². The number of aromatic amines is 1. The summed E-state index contributed by atoms with van der Waals surface area (Å²) in [4.78, 5) is 3.28. The van der Waals surface area contributed by atoms with Crippen molar-refractivity contribution in [1.29, 1.82) is 0 Å². The van der Waals surface area contributed by atoms with Crippen LogP contribution in [0.5, 0.6) is 0 Å². The molecule has 0 unspecified atom stereocenters. The molecule has 0 atom stereocenters. The molecule has 4 aromatic rings. The summed E-state index contributed by atoms with van der Waals surface area (Å²) >= 11 is 1.66. The lowest BCUT2D eigenvalue weighted by atomic mass is 10.2. The molecule has 0 aliphatic heterocycles. The van der Waals surface area contributed by atoms with Gasteiger partial charge in [0.1, 0.15) is 10.0 Å². The van der Waals surface area contributed by atoms with Crippen LogP contribution in [0.25, 0.3) is 21.5 Å². The highest BCUT2D eigenvalue weighted by molar-refractivity contribution is 7.14. The van der Waals surface area contributed by atoms with E-state index in [1.165, 1.54) is 10.9 Å². The van der Waals surface area contributed by atoms with Gasteiger partial charge in [0.2, 0.25) is 0 Å². The van der Waals surface area contributed by atoms with Gasteiger partial charge in [-0.2, -0.15) is 0 Å². The predicted molar refractivity (Wildman–Crippen MR) is 86.4 cm³/mol. The number of rotatable bonds is 3. The third-order valence-electron chi connectivity index (χ3n) is 3.48. The molecule has 2 aromatic heterocycles. The number of H-pyrrole nitrogens is 1. The Morgan fingerprint density at radius 3 is 2.62 bits per heavy atom. The van der Waals surface area contributed by atoms with E-state index in [2.05, 4.69) is 51.6 Å². The molecule has 0 amide bonds. The molecule has 0 aliphatic carbocycles. The first-order chi connectivity index (χ1) is 10.4. The van der Waals surface area contributed by atoms with Gasteiger partial charge in [-0.15, -0.1) is 10.2 Å². The largest absolute Gasteiger partial charge is 0.360 e. The highest BCUT2D eigenvalue weighted by atomic mass is 32.1. The van der Waals surface area contributed by atoms with E-state index in [4.69, 9.17) is 0 Å². The molecule has 0 bridgehead atoms. The van der Waals surface area contributed by atoms with Gasteiger partial charge in [0.05, 0.1) is 0 Å².